The van der Waals surface area contributed by atoms with Crippen molar-refractivity contribution in [1.82, 2.24) is 0 Å². The molecule has 0 aliphatic carbocycles. The lowest BCUT2D eigenvalue weighted by Gasteiger charge is -2.29. The SMILES string of the molecule is Cc1cccc(N(c2ccc3c(c2)c2ccccc2c2c(-c4ccccc4)cc(-c4ccccc4)c(-c4ccccc4)c32)c2cc3ccccc3c3ccccc23)c1. The van der Waals surface area contributed by atoms with E-state index in [4.69, 9.17) is 0 Å². The van der Waals surface area contributed by atoms with E-state index in [1.165, 1.54) is 92.8 Å². The van der Waals surface area contributed by atoms with Gasteiger partial charge in [0.25, 0.3) is 0 Å². The molecule has 1 heteroatoms. The van der Waals surface area contributed by atoms with E-state index in [-0.39, 0.29) is 0 Å². The summed E-state index contributed by atoms with van der Waals surface area (Å²) in [4.78, 5) is 2.47. The molecule has 11 aromatic rings. The molecule has 0 unspecified atom stereocenters. The van der Waals surface area contributed by atoms with E-state index >= 15 is 0 Å². The van der Waals surface area contributed by atoms with E-state index in [1.54, 1.807) is 0 Å². The van der Waals surface area contributed by atoms with Gasteiger partial charge in [0.15, 0.2) is 0 Å². The second kappa shape index (κ2) is 13.9. The zero-order valence-corrected chi connectivity index (χ0v) is 32.2. The molecule has 0 amide bonds. The van der Waals surface area contributed by atoms with Gasteiger partial charge < -0.3 is 4.90 Å². The molecular formula is C57H39N. The number of nitrogens with zero attached hydrogens (tertiary/aromatic N) is 1. The van der Waals surface area contributed by atoms with Gasteiger partial charge in [-0.05, 0) is 131 Å². The van der Waals surface area contributed by atoms with Crippen LogP contribution in [-0.2, 0) is 0 Å². The third kappa shape index (κ3) is 5.55. The van der Waals surface area contributed by atoms with Crippen molar-refractivity contribution >= 4 is 70.9 Å². The Morgan fingerprint density at radius 1 is 0.310 bits per heavy atom. The maximum Gasteiger partial charge on any atom is 0.0546 e. The summed E-state index contributed by atoms with van der Waals surface area (Å²) in [5.41, 5.74) is 12.0. The monoisotopic (exact) mass is 737 g/mol. The van der Waals surface area contributed by atoms with Crippen molar-refractivity contribution in [1.29, 1.82) is 0 Å². The Kier molecular flexibility index (Phi) is 8.12. The zero-order valence-electron chi connectivity index (χ0n) is 32.2. The molecule has 0 saturated carbocycles. The van der Waals surface area contributed by atoms with Crippen LogP contribution in [0.1, 0.15) is 5.56 Å². The summed E-state index contributed by atoms with van der Waals surface area (Å²) in [7, 11) is 0. The summed E-state index contributed by atoms with van der Waals surface area (Å²) < 4.78 is 0. The number of benzene rings is 11. The normalized spacial score (nSPS) is 11.5. The molecule has 0 aliphatic heterocycles. The molecule has 11 rings (SSSR count). The van der Waals surface area contributed by atoms with Crippen LogP contribution in [0.5, 0.6) is 0 Å². The standard InChI is InChI=1S/C57H39N/c1-38-18-17-26-43(34-38)58(54-35-42-25-11-12-27-45(42)46-28-13-15-30-48(46)54)44-32-33-50-53(36-44)47-29-14-16-31-49(47)56-52(40-21-7-3-8-22-40)37-51(39-19-5-2-6-20-39)55(57(50)56)41-23-9-4-10-24-41/h2-37H,1H3. The Hall–Kier alpha value is -7.48. The minimum Gasteiger partial charge on any atom is -0.310 e. The number of hydrogen-bond acceptors (Lipinski definition) is 1. The molecule has 1 nitrogen and oxygen atoms in total. The van der Waals surface area contributed by atoms with Gasteiger partial charge in [0.05, 0.1) is 5.69 Å². The summed E-state index contributed by atoms with van der Waals surface area (Å²) in [5, 5.41) is 12.4. The molecule has 11 aromatic carbocycles. The first-order chi connectivity index (χ1) is 28.7. The van der Waals surface area contributed by atoms with Crippen LogP contribution in [0.25, 0.3) is 87.2 Å². The van der Waals surface area contributed by atoms with E-state index < -0.39 is 0 Å². The molecule has 0 aliphatic rings. The van der Waals surface area contributed by atoms with Crippen molar-refractivity contribution in [3.63, 3.8) is 0 Å². The van der Waals surface area contributed by atoms with Crippen LogP contribution < -0.4 is 4.90 Å². The molecule has 0 saturated heterocycles. The van der Waals surface area contributed by atoms with Crippen LogP contribution in [0.3, 0.4) is 0 Å². The molecule has 272 valence electrons. The summed E-state index contributed by atoms with van der Waals surface area (Å²) >= 11 is 0. The Morgan fingerprint density at radius 2 is 0.845 bits per heavy atom. The highest BCUT2D eigenvalue weighted by Gasteiger charge is 2.23. The first-order valence-corrected chi connectivity index (χ1v) is 20.1. The van der Waals surface area contributed by atoms with E-state index in [2.05, 4.69) is 230 Å². The Labute approximate surface area is 338 Å². The zero-order chi connectivity index (χ0) is 38.6. The van der Waals surface area contributed by atoms with Gasteiger partial charge in [-0.25, -0.2) is 0 Å². The van der Waals surface area contributed by atoms with Crippen molar-refractivity contribution in [3.8, 4) is 33.4 Å². The quantitative estimate of drug-likeness (QED) is 0.154. The maximum absolute atomic E-state index is 2.47. The van der Waals surface area contributed by atoms with Crippen LogP contribution in [0.4, 0.5) is 17.1 Å². The Balaban J connectivity index is 1.30. The van der Waals surface area contributed by atoms with E-state index in [0.29, 0.717) is 0 Å². The van der Waals surface area contributed by atoms with Crippen LogP contribution in [0, 0.1) is 6.92 Å². The molecule has 58 heavy (non-hydrogen) atoms. The van der Waals surface area contributed by atoms with Gasteiger partial charge in [0.1, 0.15) is 0 Å². The number of fused-ring (bicyclic) bond motifs is 9. The lowest BCUT2D eigenvalue weighted by Crippen LogP contribution is -2.11. The van der Waals surface area contributed by atoms with Crippen LogP contribution in [0.2, 0.25) is 0 Å². The summed E-state index contributed by atoms with van der Waals surface area (Å²) in [6, 6.07) is 80.3. The topological polar surface area (TPSA) is 3.24 Å². The third-order valence-electron chi connectivity index (χ3n) is 11.8. The second-order valence-electron chi connectivity index (χ2n) is 15.3. The highest BCUT2D eigenvalue weighted by atomic mass is 15.1. The summed E-state index contributed by atoms with van der Waals surface area (Å²) in [6.45, 7) is 2.18. The average Bonchev–Trinajstić information content (AvgIpc) is 3.29. The van der Waals surface area contributed by atoms with Gasteiger partial charge in [0, 0.05) is 16.8 Å². The number of aryl methyl sites for hydroxylation is 1. The highest BCUT2D eigenvalue weighted by molar-refractivity contribution is 6.33. The first kappa shape index (κ1) is 33.8. The largest absolute Gasteiger partial charge is 0.310 e. The van der Waals surface area contributed by atoms with E-state index in [0.717, 1.165) is 17.1 Å². The molecule has 0 radical (unpaired) electrons. The van der Waals surface area contributed by atoms with Gasteiger partial charge in [-0.2, -0.15) is 0 Å². The molecular weight excluding hydrogens is 699 g/mol. The molecule has 0 atom stereocenters. The van der Waals surface area contributed by atoms with Crippen LogP contribution >= 0.6 is 0 Å². The van der Waals surface area contributed by atoms with Crippen molar-refractivity contribution in [3.05, 3.63) is 224 Å². The van der Waals surface area contributed by atoms with Gasteiger partial charge >= 0.3 is 0 Å². The van der Waals surface area contributed by atoms with E-state index in [1.807, 2.05) is 0 Å². The first-order valence-electron chi connectivity index (χ1n) is 20.1. The van der Waals surface area contributed by atoms with Crippen molar-refractivity contribution in [2.24, 2.45) is 0 Å². The molecule has 0 heterocycles. The van der Waals surface area contributed by atoms with Crippen molar-refractivity contribution in [2.75, 3.05) is 4.90 Å². The van der Waals surface area contributed by atoms with Gasteiger partial charge in [-0.15, -0.1) is 0 Å². The number of hydrogen-bond donors (Lipinski definition) is 0. The number of anilines is 3. The summed E-state index contributed by atoms with van der Waals surface area (Å²) in [5.74, 6) is 0. The molecule has 0 bridgehead atoms. The average molecular weight is 738 g/mol. The van der Waals surface area contributed by atoms with E-state index in [9.17, 15) is 0 Å². The fourth-order valence-corrected chi connectivity index (χ4v) is 9.29. The third-order valence-corrected chi connectivity index (χ3v) is 11.8. The predicted molar refractivity (Wildman–Crippen MR) is 250 cm³/mol. The highest BCUT2D eigenvalue weighted by Crippen LogP contribution is 2.50. The maximum atomic E-state index is 2.47. The fourth-order valence-electron chi connectivity index (χ4n) is 9.29. The second-order valence-corrected chi connectivity index (χ2v) is 15.3. The Bertz CT molecular complexity index is 3330. The number of rotatable bonds is 6. The molecule has 0 spiro atoms. The fraction of sp³-hybridized carbons (Fsp3) is 0.0175. The lowest BCUT2D eigenvalue weighted by molar-refractivity contribution is 1.29. The smallest absolute Gasteiger partial charge is 0.0546 e. The molecule has 0 fully saturated rings. The van der Waals surface area contributed by atoms with Crippen molar-refractivity contribution in [2.45, 2.75) is 6.92 Å². The minimum absolute atomic E-state index is 1.12. The Morgan fingerprint density at radius 3 is 1.53 bits per heavy atom. The molecule has 0 N–H and O–H groups in total. The van der Waals surface area contributed by atoms with Crippen LogP contribution in [-0.4, -0.2) is 0 Å². The predicted octanol–water partition coefficient (Wildman–Crippen LogP) is 16.2. The lowest BCUT2D eigenvalue weighted by atomic mass is 9.81. The van der Waals surface area contributed by atoms with Gasteiger partial charge in [-0.3, -0.25) is 0 Å². The molecule has 0 aromatic heterocycles. The summed E-state index contributed by atoms with van der Waals surface area (Å²) in [6.07, 6.45) is 0. The van der Waals surface area contributed by atoms with Crippen LogP contribution in [0.15, 0.2) is 218 Å². The van der Waals surface area contributed by atoms with Crippen molar-refractivity contribution < 1.29 is 0 Å². The van der Waals surface area contributed by atoms with Gasteiger partial charge in [-0.1, -0.05) is 182 Å². The minimum atomic E-state index is 1.12. The van der Waals surface area contributed by atoms with Gasteiger partial charge in [0.2, 0.25) is 0 Å².